The second kappa shape index (κ2) is 11.2. The Morgan fingerprint density at radius 2 is 1.95 bits per heavy atom. The van der Waals surface area contributed by atoms with E-state index in [9.17, 15) is 14.3 Å². The molecule has 5 rings (SSSR count). The topological polar surface area (TPSA) is 81.2 Å². The SMILES string of the molecule is C[C@@H]1CN(CC(=O)N2CC(C)(C)c3ncc([C@@H](O)c4ccccc4F)cc32)[C@@H](CN2[C@H](C)COC[C@H]2C)CN1. The summed E-state index contributed by atoms with van der Waals surface area (Å²) in [5.41, 5.74) is 1.85. The van der Waals surface area contributed by atoms with Gasteiger partial charge in [0.25, 0.3) is 0 Å². The molecule has 0 spiro atoms. The lowest BCUT2D eigenvalue weighted by molar-refractivity contribution is -0.121. The number of rotatable bonds is 6. The number of halogens is 1. The fraction of sp³-hybridized carbons (Fsp3) is 0.600. The number of aliphatic hydroxyl groups is 1. The van der Waals surface area contributed by atoms with Crippen LogP contribution in [0.25, 0.3) is 0 Å². The van der Waals surface area contributed by atoms with Crippen LogP contribution in [0.1, 0.15) is 57.5 Å². The van der Waals surface area contributed by atoms with Crippen molar-refractivity contribution in [3.8, 4) is 0 Å². The van der Waals surface area contributed by atoms with E-state index in [-0.39, 0.29) is 22.9 Å². The number of fused-ring (bicyclic) bond motifs is 1. The van der Waals surface area contributed by atoms with E-state index in [1.54, 1.807) is 30.5 Å². The summed E-state index contributed by atoms with van der Waals surface area (Å²) in [5.74, 6) is -0.454. The van der Waals surface area contributed by atoms with Gasteiger partial charge in [-0.05, 0) is 32.9 Å². The van der Waals surface area contributed by atoms with Gasteiger partial charge in [-0.25, -0.2) is 4.39 Å². The van der Waals surface area contributed by atoms with Gasteiger partial charge in [-0.2, -0.15) is 0 Å². The Kier molecular flexibility index (Phi) is 8.08. The number of nitrogens with one attached hydrogen (secondary N) is 1. The number of piperazine rings is 1. The Balaban J connectivity index is 1.37. The summed E-state index contributed by atoms with van der Waals surface area (Å²) in [6.07, 6.45) is 0.435. The lowest BCUT2D eigenvalue weighted by atomic mass is 9.90. The largest absolute Gasteiger partial charge is 0.383 e. The number of pyridine rings is 1. The third kappa shape index (κ3) is 5.74. The highest BCUT2D eigenvalue weighted by molar-refractivity contribution is 5.97. The Hall–Kier alpha value is -2.43. The van der Waals surface area contributed by atoms with Crippen molar-refractivity contribution in [1.29, 1.82) is 0 Å². The second-order valence-corrected chi connectivity index (χ2v) is 12.2. The molecule has 0 unspecified atom stereocenters. The van der Waals surface area contributed by atoms with Crippen molar-refractivity contribution >= 4 is 11.6 Å². The molecule has 4 heterocycles. The van der Waals surface area contributed by atoms with Crippen LogP contribution in [0.5, 0.6) is 0 Å². The maximum atomic E-state index is 14.4. The van der Waals surface area contributed by atoms with Crippen molar-refractivity contribution in [1.82, 2.24) is 20.1 Å². The summed E-state index contributed by atoms with van der Waals surface area (Å²) in [6.45, 7) is 15.5. The van der Waals surface area contributed by atoms with Crippen LogP contribution in [-0.4, -0.2) is 95.9 Å². The summed E-state index contributed by atoms with van der Waals surface area (Å²) >= 11 is 0. The zero-order valence-electron chi connectivity index (χ0n) is 23.7. The molecule has 212 valence electrons. The molecular formula is C30H42FN5O3. The van der Waals surface area contributed by atoms with E-state index < -0.39 is 11.9 Å². The lowest BCUT2D eigenvalue weighted by Gasteiger charge is -2.46. The van der Waals surface area contributed by atoms with Crippen molar-refractivity contribution in [2.45, 2.75) is 70.3 Å². The number of amides is 1. The van der Waals surface area contributed by atoms with Gasteiger partial charge in [0.1, 0.15) is 11.9 Å². The highest BCUT2D eigenvalue weighted by atomic mass is 19.1. The zero-order chi connectivity index (χ0) is 27.9. The minimum absolute atomic E-state index is 0.0170. The maximum absolute atomic E-state index is 14.4. The zero-order valence-corrected chi connectivity index (χ0v) is 23.7. The number of carbonyl (C=O) groups is 1. The smallest absolute Gasteiger partial charge is 0.241 e. The van der Waals surface area contributed by atoms with Crippen LogP contribution in [0.3, 0.4) is 0 Å². The molecule has 8 nitrogen and oxygen atoms in total. The van der Waals surface area contributed by atoms with Crippen molar-refractivity contribution in [2.24, 2.45) is 0 Å². The summed E-state index contributed by atoms with van der Waals surface area (Å²) in [6, 6.07) is 9.18. The molecule has 2 fully saturated rings. The fourth-order valence-electron chi connectivity index (χ4n) is 6.30. The van der Waals surface area contributed by atoms with Gasteiger partial charge in [0.2, 0.25) is 5.91 Å². The molecule has 0 bridgehead atoms. The van der Waals surface area contributed by atoms with Crippen molar-refractivity contribution in [3.63, 3.8) is 0 Å². The van der Waals surface area contributed by atoms with Crippen LogP contribution in [0.15, 0.2) is 36.5 Å². The molecule has 2 N–H and O–H groups in total. The van der Waals surface area contributed by atoms with Gasteiger partial charge >= 0.3 is 0 Å². The van der Waals surface area contributed by atoms with Crippen LogP contribution in [0.2, 0.25) is 0 Å². The summed E-state index contributed by atoms with van der Waals surface area (Å²) in [5, 5.41) is 14.6. The number of benzene rings is 1. The predicted octanol–water partition coefficient (Wildman–Crippen LogP) is 2.70. The molecule has 5 atom stereocenters. The van der Waals surface area contributed by atoms with Gasteiger partial charge < -0.3 is 20.1 Å². The maximum Gasteiger partial charge on any atom is 0.241 e. The first-order valence-corrected chi connectivity index (χ1v) is 14.1. The van der Waals surface area contributed by atoms with Crippen LogP contribution in [0.4, 0.5) is 10.1 Å². The summed E-state index contributed by atoms with van der Waals surface area (Å²) in [7, 11) is 0. The monoisotopic (exact) mass is 539 g/mol. The number of carbonyl (C=O) groups excluding carboxylic acids is 1. The highest BCUT2D eigenvalue weighted by Gasteiger charge is 2.41. The summed E-state index contributed by atoms with van der Waals surface area (Å²) < 4.78 is 20.1. The molecule has 0 radical (unpaired) electrons. The molecule has 0 saturated carbocycles. The molecule has 1 aromatic carbocycles. The molecule has 2 aromatic rings. The van der Waals surface area contributed by atoms with Crippen LogP contribution in [-0.2, 0) is 14.9 Å². The number of ether oxygens (including phenoxy) is 1. The van der Waals surface area contributed by atoms with E-state index in [2.05, 4.69) is 54.7 Å². The summed E-state index contributed by atoms with van der Waals surface area (Å²) in [4.78, 5) is 25.2. The number of anilines is 1. The predicted molar refractivity (Wildman–Crippen MR) is 149 cm³/mol. The highest BCUT2D eigenvalue weighted by Crippen LogP contribution is 2.41. The Bertz CT molecular complexity index is 1180. The first-order valence-electron chi connectivity index (χ1n) is 14.1. The first-order chi connectivity index (χ1) is 18.5. The number of aromatic nitrogens is 1. The molecule has 3 aliphatic heterocycles. The number of hydrogen-bond donors (Lipinski definition) is 2. The van der Waals surface area contributed by atoms with Gasteiger partial charge in [0.15, 0.2) is 0 Å². The van der Waals surface area contributed by atoms with Gasteiger partial charge in [-0.3, -0.25) is 19.6 Å². The third-order valence-corrected chi connectivity index (χ3v) is 8.53. The third-order valence-electron chi connectivity index (χ3n) is 8.53. The van der Waals surface area contributed by atoms with Crippen LogP contribution >= 0.6 is 0 Å². The normalized spacial score (nSPS) is 28.3. The van der Waals surface area contributed by atoms with Crippen molar-refractivity contribution in [3.05, 3.63) is 59.2 Å². The Morgan fingerprint density at radius 1 is 1.23 bits per heavy atom. The van der Waals surface area contributed by atoms with Crippen LogP contribution in [0, 0.1) is 5.82 Å². The molecule has 2 saturated heterocycles. The fourth-order valence-corrected chi connectivity index (χ4v) is 6.30. The van der Waals surface area contributed by atoms with Crippen molar-refractivity contribution < 1.29 is 19.0 Å². The van der Waals surface area contributed by atoms with E-state index in [1.807, 2.05) is 4.90 Å². The van der Waals surface area contributed by atoms with Gasteiger partial charge in [0, 0.05) is 73.1 Å². The molecule has 1 amide bonds. The number of aliphatic hydroxyl groups excluding tert-OH is 1. The standard InChI is InChI=1S/C30H42FN5O3/c1-19-13-34(23(12-32-19)14-35-20(2)16-39-17-21(35)3)15-27(37)36-18-30(4,5)29-26(36)10-22(11-33-29)28(38)24-8-6-7-9-25(24)31/h6-11,19-21,23,28,32,38H,12-18H2,1-5H3/t19-,20-,21-,23-,28-/m1/s1. The molecule has 3 aliphatic rings. The van der Waals surface area contributed by atoms with E-state index in [1.165, 1.54) is 6.07 Å². The number of nitrogens with zero attached hydrogens (tertiary/aromatic N) is 4. The van der Waals surface area contributed by atoms with E-state index in [0.717, 1.165) is 38.5 Å². The van der Waals surface area contributed by atoms with Gasteiger partial charge in [0.05, 0.1) is 31.1 Å². The molecule has 0 aliphatic carbocycles. The minimum Gasteiger partial charge on any atom is -0.383 e. The quantitative estimate of drug-likeness (QED) is 0.584. The van der Waals surface area contributed by atoms with Gasteiger partial charge in [-0.15, -0.1) is 0 Å². The van der Waals surface area contributed by atoms with Gasteiger partial charge in [-0.1, -0.05) is 32.0 Å². The molecule has 39 heavy (non-hydrogen) atoms. The second-order valence-electron chi connectivity index (χ2n) is 12.2. The number of hydrogen-bond acceptors (Lipinski definition) is 7. The van der Waals surface area contributed by atoms with E-state index >= 15 is 0 Å². The average molecular weight is 540 g/mol. The van der Waals surface area contributed by atoms with E-state index in [0.29, 0.717) is 42.5 Å². The average Bonchev–Trinajstić information content (AvgIpc) is 3.17. The Labute approximate surface area is 231 Å². The molecule has 1 aromatic heterocycles. The molecule has 9 heteroatoms. The Morgan fingerprint density at radius 3 is 2.67 bits per heavy atom. The first kappa shape index (κ1) is 28.1. The van der Waals surface area contributed by atoms with Crippen molar-refractivity contribution in [2.75, 3.05) is 50.8 Å². The lowest BCUT2D eigenvalue weighted by Crippen LogP contribution is -2.63. The molecular weight excluding hydrogens is 497 g/mol. The van der Waals surface area contributed by atoms with Crippen LogP contribution < -0.4 is 10.2 Å². The number of morpholine rings is 1. The minimum atomic E-state index is -1.17. The van der Waals surface area contributed by atoms with E-state index in [4.69, 9.17) is 4.74 Å².